The number of hydrogen-bond acceptors (Lipinski definition) is 3. The standard InChI is InChI=1S/C14H18O2S/c1-2-11(15)10-13(16)14(8-9-14)17-12-6-4-3-5-7-12/h3-7,13,16H,2,8-10H2,1H3/t13-/m1/s1. The number of aliphatic hydroxyl groups is 1. The molecule has 1 fully saturated rings. The van der Waals surface area contributed by atoms with Crippen LogP contribution in [0.1, 0.15) is 32.6 Å². The van der Waals surface area contributed by atoms with Crippen LogP contribution < -0.4 is 0 Å². The zero-order chi connectivity index (χ0) is 12.3. The lowest BCUT2D eigenvalue weighted by Gasteiger charge is -2.21. The summed E-state index contributed by atoms with van der Waals surface area (Å²) in [5.41, 5.74) is 0. The van der Waals surface area contributed by atoms with Crippen LogP contribution in [-0.4, -0.2) is 21.7 Å². The van der Waals surface area contributed by atoms with E-state index in [1.54, 1.807) is 11.8 Å². The van der Waals surface area contributed by atoms with Gasteiger partial charge in [-0.25, -0.2) is 0 Å². The molecule has 1 aromatic rings. The number of carbonyl (C=O) groups excluding carboxylic acids is 1. The average molecular weight is 250 g/mol. The first-order valence-electron chi connectivity index (χ1n) is 6.10. The quantitative estimate of drug-likeness (QED) is 0.843. The van der Waals surface area contributed by atoms with E-state index in [0.717, 1.165) is 12.8 Å². The molecule has 0 spiro atoms. The molecule has 0 aliphatic heterocycles. The number of ketones is 1. The molecule has 0 saturated heterocycles. The van der Waals surface area contributed by atoms with Crippen LogP contribution in [0.15, 0.2) is 35.2 Å². The van der Waals surface area contributed by atoms with Gasteiger partial charge in [0.2, 0.25) is 0 Å². The molecule has 1 aromatic carbocycles. The fourth-order valence-corrected chi connectivity index (χ4v) is 3.18. The van der Waals surface area contributed by atoms with Crippen LogP contribution in [0, 0.1) is 0 Å². The highest BCUT2D eigenvalue weighted by atomic mass is 32.2. The van der Waals surface area contributed by atoms with Crippen molar-refractivity contribution in [2.45, 2.75) is 48.4 Å². The Bertz CT molecular complexity index is 384. The Morgan fingerprint density at radius 2 is 2.06 bits per heavy atom. The highest BCUT2D eigenvalue weighted by Gasteiger charge is 2.50. The maximum Gasteiger partial charge on any atom is 0.135 e. The van der Waals surface area contributed by atoms with E-state index in [1.807, 2.05) is 25.1 Å². The molecule has 2 nitrogen and oxygen atoms in total. The summed E-state index contributed by atoms with van der Waals surface area (Å²) in [5.74, 6) is 0.150. The summed E-state index contributed by atoms with van der Waals surface area (Å²) in [6.45, 7) is 1.85. The highest BCUT2D eigenvalue weighted by Crippen LogP contribution is 2.54. The van der Waals surface area contributed by atoms with E-state index < -0.39 is 6.10 Å². The Balaban J connectivity index is 1.97. The number of Topliss-reactive ketones (excluding diaryl/α,β-unsaturated/α-hetero) is 1. The van der Waals surface area contributed by atoms with Crippen LogP contribution in [0.5, 0.6) is 0 Å². The van der Waals surface area contributed by atoms with Gasteiger partial charge in [-0.1, -0.05) is 25.1 Å². The predicted molar refractivity (Wildman–Crippen MR) is 70.2 cm³/mol. The molecule has 92 valence electrons. The largest absolute Gasteiger partial charge is 0.391 e. The number of aliphatic hydroxyl groups excluding tert-OH is 1. The Kier molecular flexibility index (Phi) is 3.89. The zero-order valence-electron chi connectivity index (χ0n) is 10.1. The van der Waals surface area contributed by atoms with Crippen LogP contribution in [-0.2, 0) is 4.79 Å². The number of rotatable bonds is 6. The Morgan fingerprint density at radius 1 is 1.41 bits per heavy atom. The van der Waals surface area contributed by atoms with Gasteiger partial charge in [-0.15, -0.1) is 11.8 Å². The normalized spacial score (nSPS) is 18.7. The summed E-state index contributed by atoms with van der Waals surface area (Å²) >= 11 is 1.72. The smallest absolute Gasteiger partial charge is 0.135 e. The number of thioether (sulfide) groups is 1. The molecule has 0 aromatic heterocycles. The van der Waals surface area contributed by atoms with Crippen LogP contribution in [0.2, 0.25) is 0 Å². The maximum atomic E-state index is 11.4. The first-order valence-corrected chi connectivity index (χ1v) is 6.92. The van der Waals surface area contributed by atoms with Crippen molar-refractivity contribution in [3.8, 4) is 0 Å². The molecule has 0 heterocycles. The van der Waals surface area contributed by atoms with Gasteiger partial charge in [0.1, 0.15) is 5.78 Å². The van der Waals surface area contributed by atoms with Crippen LogP contribution in [0.3, 0.4) is 0 Å². The molecular formula is C14H18O2S. The molecule has 1 atom stereocenters. The highest BCUT2D eigenvalue weighted by molar-refractivity contribution is 8.01. The summed E-state index contributed by atoms with van der Waals surface area (Å²) < 4.78 is -0.105. The minimum atomic E-state index is -0.500. The minimum absolute atomic E-state index is 0.105. The van der Waals surface area contributed by atoms with Crippen molar-refractivity contribution in [2.24, 2.45) is 0 Å². The number of hydrogen-bond donors (Lipinski definition) is 1. The van der Waals surface area contributed by atoms with Gasteiger partial charge in [-0.05, 0) is 25.0 Å². The van der Waals surface area contributed by atoms with Gasteiger partial charge in [-0.2, -0.15) is 0 Å². The fourth-order valence-electron chi connectivity index (χ4n) is 1.90. The van der Waals surface area contributed by atoms with E-state index in [1.165, 1.54) is 4.90 Å². The molecule has 0 bridgehead atoms. The molecule has 1 N–H and O–H groups in total. The summed E-state index contributed by atoms with van der Waals surface area (Å²) in [5, 5.41) is 10.2. The zero-order valence-corrected chi connectivity index (χ0v) is 10.9. The van der Waals surface area contributed by atoms with E-state index in [2.05, 4.69) is 12.1 Å². The molecule has 1 saturated carbocycles. The lowest BCUT2D eigenvalue weighted by molar-refractivity contribution is -0.120. The first-order chi connectivity index (χ1) is 8.16. The van der Waals surface area contributed by atoms with E-state index in [0.29, 0.717) is 12.8 Å². The second kappa shape index (κ2) is 5.23. The molecule has 3 heteroatoms. The number of benzene rings is 1. The third-order valence-electron chi connectivity index (χ3n) is 3.23. The molecular weight excluding hydrogens is 232 g/mol. The van der Waals surface area contributed by atoms with Gasteiger partial charge >= 0.3 is 0 Å². The van der Waals surface area contributed by atoms with Gasteiger partial charge in [-0.3, -0.25) is 4.79 Å². The van der Waals surface area contributed by atoms with Crippen molar-refractivity contribution in [1.82, 2.24) is 0 Å². The summed E-state index contributed by atoms with van der Waals surface area (Å²) in [7, 11) is 0. The van der Waals surface area contributed by atoms with Crippen molar-refractivity contribution in [3.63, 3.8) is 0 Å². The van der Waals surface area contributed by atoms with Crippen molar-refractivity contribution in [3.05, 3.63) is 30.3 Å². The molecule has 0 radical (unpaired) electrons. The van der Waals surface area contributed by atoms with Crippen molar-refractivity contribution < 1.29 is 9.90 Å². The monoisotopic (exact) mass is 250 g/mol. The average Bonchev–Trinajstić information content (AvgIpc) is 3.11. The first kappa shape index (κ1) is 12.7. The van der Waals surface area contributed by atoms with E-state index in [4.69, 9.17) is 0 Å². The molecule has 2 rings (SSSR count). The van der Waals surface area contributed by atoms with Crippen molar-refractivity contribution >= 4 is 17.5 Å². The SMILES string of the molecule is CCC(=O)C[C@@H](O)C1(Sc2ccccc2)CC1. The summed E-state index contributed by atoms with van der Waals surface area (Å²) in [4.78, 5) is 12.6. The third-order valence-corrected chi connectivity index (χ3v) is 4.82. The van der Waals surface area contributed by atoms with Crippen LogP contribution in [0.4, 0.5) is 0 Å². The minimum Gasteiger partial charge on any atom is -0.391 e. The van der Waals surface area contributed by atoms with E-state index in [9.17, 15) is 9.90 Å². The fraction of sp³-hybridized carbons (Fsp3) is 0.500. The number of carbonyl (C=O) groups is 1. The summed E-state index contributed by atoms with van der Waals surface area (Å²) in [6, 6.07) is 10.1. The Labute approximate surface area is 106 Å². The van der Waals surface area contributed by atoms with Gasteiger partial charge in [0, 0.05) is 22.5 Å². The van der Waals surface area contributed by atoms with Gasteiger partial charge in [0.15, 0.2) is 0 Å². The molecule has 17 heavy (non-hydrogen) atoms. The molecule has 1 aliphatic rings. The molecule has 0 amide bonds. The van der Waals surface area contributed by atoms with Crippen molar-refractivity contribution in [1.29, 1.82) is 0 Å². The van der Waals surface area contributed by atoms with Gasteiger partial charge in [0.05, 0.1) is 6.10 Å². The van der Waals surface area contributed by atoms with E-state index in [-0.39, 0.29) is 10.5 Å². The predicted octanol–water partition coefficient (Wildman–Crippen LogP) is 3.04. The summed E-state index contributed by atoms with van der Waals surface area (Å²) in [6.07, 6.45) is 2.33. The Hall–Kier alpha value is -0.800. The maximum absolute atomic E-state index is 11.4. The van der Waals surface area contributed by atoms with E-state index >= 15 is 0 Å². The lowest BCUT2D eigenvalue weighted by Crippen LogP contribution is -2.27. The van der Waals surface area contributed by atoms with Gasteiger partial charge < -0.3 is 5.11 Å². The van der Waals surface area contributed by atoms with Gasteiger partial charge in [0.25, 0.3) is 0 Å². The Morgan fingerprint density at radius 3 is 2.59 bits per heavy atom. The van der Waals surface area contributed by atoms with Crippen LogP contribution in [0.25, 0.3) is 0 Å². The third kappa shape index (κ3) is 3.11. The molecule has 1 aliphatic carbocycles. The topological polar surface area (TPSA) is 37.3 Å². The second-order valence-electron chi connectivity index (χ2n) is 4.59. The lowest BCUT2D eigenvalue weighted by atomic mass is 10.1. The second-order valence-corrected chi connectivity index (χ2v) is 6.08. The molecule has 0 unspecified atom stereocenters. The van der Waals surface area contributed by atoms with Crippen LogP contribution >= 0.6 is 11.8 Å². The van der Waals surface area contributed by atoms with Crippen molar-refractivity contribution in [2.75, 3.05) is 0 Å².